The lowest BCUT2D eigenvalue weighted by Gasteiger charge is -2.33. The van der Waals surface area contributed by atoms with E-state index in [9.17, 15) is 0 Å². The molecule has 0 spiro atoms. The van der Waals surface area contributed by atoms with Gasteiger partial charge >= 0.3 is 0 Å². The molecule has 3 heteroatoms. The molecule has 0 saturated heterocycles. The molecule has 1 unspecified atom stereocenters. The van der Waals surface area contributed by atoms with E-state index in [1.165, 1.54) is 12.2 Å². The second-order valence-electron chi connectivity index (χ2n) is 5.24. The number of hydrogen-bond donors (Lipinski definition) is 1. The van der Waals surface area contributed by atoms with Crippen LogP contribution in [-0.2, 0) is 0 Å². The van der Waals surface area contributed by atoms with Gasteiger partial charge in [-0.1, -0.05) is 13.8 Å². The Morgan fingerprint density at radius 3 is 2.47 bits per heavy atom. The van der Waals surface area contributed by atoms with Crippen molar-refractivity contribution in [3.8, 4) is 0 Å². The third kappa shape index (κ3) is 7.20. The second kappa shape index (κ2) is 7.53. The average molecular weight is 232 g/mol. The predicted octanol–water partition coefficient (Wildman–Crippen LogP) is 2.31. The van der Waals surface area contributed by atoms with Gasteiger partial charge in [0, 0.05) is 19.1 Å². The molecule has 0 rings (SSSR count). The molecular formula is C12H28N2S. The average Bonchev–Trinajstić information content (AvgIpc) is 2.13. The van der Waals surface area contributed by atoms with Gasteiger partial charge in [0.15, 0.2) is 0 Å². The van der Waals surface area contributed by atoms with Crippen molar-refractivity contribution < 1.29 is 0 Å². The van der Waals surface area contributed by atoms with E-state index in [0.29, 0.717) is 11.5 Å². The van der Waals surface area contributed by atoms with Crippen molar-refractivity contribution in [2.45, 2.75) is 33.2 Å². The van der Waals surface area contributed by atoms with Crippen molar-refractivity contribution in [3.63, 3.8) is 0 Å². The van der Waals surface area contributed by atoms with Gasteiger partial charge in [-0.05, 0) is 44.9 Å². The molecule has 2 nitrogen and oxygen atoms in total. The highest BCUT2D eigenvalue weighted by molar-refractivity contribution is 7.98. The van der Waals surface area contributed by atoms with Crippen molar-refractivity contribution >= 4 is 11.8 Å². The molecular weight excluding hydrogens is 204 g/mol. The Labute approximate surface area is 100 Å². The fraction of sp³-hybridized carbons (Fsp3) is 1.00. The molecule has 0 fully saturated rings. The maximum absolute atomic E-state index is 3.26. The number of nitrogens with one attached hydrogen (secondary N) is 1. The maximum Gasteiger partial charge on any atom is 0.00719 e. The molecule has 0 bridgehead atoms. The van der Waals surface area contributed by atoms with Gasteiger partial charge in [-0.15, -0.1) is 0 Å². The van der Waals surface area contributed by atoms with Crippen LogP contribution in [-0.4, -0.2) is 50.1 Å². The third-order valence-corrected chi connectivity index (χ3v) is 3.47. The van der Waals surface area contributed by atoms with E-state index in [1.807, 2.05) is 18.8 Å². The molecule has 0 aliphatic rings. The van der Waals surface area contributed by atoms with Gasteiger partial charge in [0.25, 0.3) is 0 Å². The van der Waals surface area contributed by atoms with Crippen LogP contribution >= 0.6 is 11.8 Å². The Hall–Kier alpha value is 0.270. The normalized spacial score (nSPS) is 14.6. The summed E-state index contributed by atoms with van der Waals surface area (Å²) in [7, 11) is 4.27. The van der Waals surface area contributed by atoms with Crippen LogP contribution in [0.2, 0.25) is 0 Å². The zero-order valence-corrected chi connectivity index (χ0v) is 12.1. The van der Waals surface area contributed by atoms with Gasteiger partial charge in [-0.3, -0.25) is 0 Å². The van der Waals surface area contributed by atoms with Crippen LogP contribution in [0.15, 0.2) is 0 Å². The zero-order chi connectivity index (χ0) is 11.9. The largest absolute Gasteiger partial charge is 0.319 e. The van der Waals surface area contributed by atoms with Crippen LogP contribution in [0.5, 0.6) is 0 Å². The SMILES string of the molecule is CNCC(C)(C)CN(C)C(C)CCSC. The lowest BCUT2D eigenvalue weighted by molar-refractivity contribution is 0.165. The Kier molecular flexibility index (Phi) is 7.66. The quantitative estimate of drug-likeness (QED) is 0.691. The summed E-state index contributed by atoms with van der Waals surface area (Å²) in [5, 5.41) is 3.26. The van der Waals surface area contributed by atoms with E-state index in [2.05, 4.69) is 44.3 Å². The van der Waals surface area contributed by atoms with Gasteiger partial charge < -0.3 is 10.2 Å². The highest BCUT2D eigenvalue weighted by Gasteiger charge is 2.21. The van der Waals surface area contributed by atoms with E-state index in [1.54, 1.807) is 0 Å². The first-order valence-corrected chi connectivity index (χ1v) is 7.16. The molecule has 92 valence electrons. The molecule has 1 N–H and O–H groups in total. The molecule has 0 heterocycles. The maximum atomic E-state index is 3.26. The fourth-order valence-corrected chi connectivity index (χ4v) is 2.45. The highest BCUT2D eigenvalue weighted by atomic mass is 32.2. The number of rotatable bonds is 8. The molecule has 0 aromatic heterocycles. The van der Waals surface area contributed by atoms with Crippen molar-refractivity contribution in [3.05, 3.63) is 0 Å². The van der Waals surface area contributed by atoms with Crippen molar-refractivity contribution in [1.29, 1.82) is 0 Å². The standard InChI is InChI=1S/C12H28N2S/c1-11(7-8-15-6)14(5)10-12(2,3)9-13-4/h11,13H,7-10H2,1-6H3. The van der Waals surface area contributed by atoms with Crippen molar-refractivity contribution in [2.75, 3.05) is 39.2 Å². The van der Waals surface area contributed by atoms with Crippen LogP contribution in [0.3, 0.4) is 0 Å². The Balaban J connectivity index is 3.93. The summed E-state index contributed by atoms with van der Waals surface area (Å²) in [4.78, 5) is 2.48. The Morgan fingerprint density at radius 1 is 1.40 bits per heavy atom. The molecule has 0 aliphatic heterocycles. The molecule has 15 heavy (non-hydrogen) atoms. The Morgan fingerprint density at radius 2 is 2.00 bits per heavy atom. The number of nitrogens with zero attached hydrogens (tertiary/aromatic N) is 1. The molecule has 0 radical (unpaired) electrons. The number of hydrogen-bond acceptors (Lipinski definition) is 3. The lowest BCUT2D eigenvalue weighted by Crippen LogP contribution is -2.41. The monoisotopic (exact) mass is 232 g/mol. The summed E-state index contributed by atoms with van der Waals surface area (Å²) >= 11 is 1.94. The molecule has 1 atom stereocenters. The van der Waals surface area contributed by atoms with Crippen LogP contribution in [0.25, 0.3) is 0 Å². The van der Waals surface area contributed by atoms with Crippen LogP contribution < -0.4 is 5.32 Å². The first-order chi connectivity index (χ1) is 6.93. The van der Waals surface area contributed by atoms with Gasteiger partial charge in [-0.2, -0.15) is 11.8 Å². The minimum absolute atomic E-state index is 0.358. The third-order valence-electron chi connectivity index (χ3n) is 2.82. The summed E-state index contributed by atoms with van der Waals surface area (Å²) in [6, 6.07) is 0.689. The highest BCUT2D eigenvalue weighted by Crippen LogP contribution is 2.17. The molecule has 0 aliphatic carbocycles. The van der Waals surface area contributed by atoms with Crippen molar-refractivity contribution in [1.82, 2.24) is 10.2 Å². The first-order valence-electron chi connectivity index (χ1n) is 5.76. The summed E-state index contributed by atoms with van der Waals surface area (Å²) < 4.78 is 0. The fourth-order valence-electron chi connectivity index (χ4n) is 1.87. The van der Waals surface area contributed by atoms with Gasteiger partial charge in [0.05, 0.1) is 0 Å². The van der Waals surface area contributed by atoms with E-state index in [0.717, 1.165) is 13.1 Å². The summed E-state index contributed by atoms with van der Waals surface area (Å²) in [6.45, 7) is 9.20. The first kappa shape index (κ1) is 15.3. The van der Waals surface area contributed by atoms with E-state index in [-0.39, 0.29) is 0 Å². The van der Waals surface area contributed by atoms with Gasteiger partial charge in [0.2, 0.25) is 0 Å². The topological polar surface area (TPSA) is 15.3 Å². The smallest absolute Gasteiger partial charge is 0.00719 e. The van der Waals surface area contributed by atoms with E-state index >= 15 is 0 Å². The second-order valence-corrected chi connectivity index (χ2v) is 6.23. The minimum Gasteiger partial charge on any atom is -0.319 e. The molecule has 0 aromatic rings. The Bertz CT molecular complexity index is 160. The molecule has 0 saturated carbocycles. The minimum atomic E-state index is 0.358. The van der Waals surface area contributed by atoms with Crippen LogP contribution in [0, 0.1) is 5.41 Å². The molecule has 0 aromatic carbocycles. The van der Waals surface area contributed by atoms with Gasteiger partial charge in [-0.25, -0.2) is 0 Å². The van der Waals surface area contributed by atoms with E-state index in [4.69, 9.17) is 0 Å². The van der Waals surface area contributed by atoms with E-state index < -0.39 is 0 Å². The summed E-state index contributed by atoms with van der Waals surface area (Å²) in [6.07, 6.45) is 3.46. The molecule has 0 amide bonds. The predicted molar refractivity (Wildman–Crippen MR) is 72.8 cm³/mol. The zero-order valence-electron chi connectivity index (χ0n) is 11.3. The van der Waals surface area contributed by atoms with Crippen LogP contribution in [0.1, 0.15) is 27.2 Å². The number of thioether (sulfide) groups is 1. The summed E-state index contributed by atoms with van der Waals surface area (Å²) in [5.41, 5.74) is 0.358. The van der Waals surface area contributed by atoms with Crippen molar-refractivity contribution in [2.24, 2.45) is 5.41 Å². The van der Waals surface area contributed by atoms with Crippen LogP contribution in [0.4, 0.5) is 0 Å². The van der Waals surface area contributed by atoms with Gasteiger partial charge in [0.1, 0.15) is 0 Å². The lowest BCUT2D eigenvalue weighted by atomic mass is 9.92. The summed E-state index contributed by atoms with van der Waals surface area (Å²) in [5.74, 6) is 1.26.